The molecule has 0 bridgehead atoms. The van der Waals surface area contributed by atoms with Gasteiger partial charge in [-0.05, 0) is 50.3 Å². The molecule has 7 nitrogen and oxygen atoms in total. The summed E-state index contributed by atoms with van der Waals surface area (Å²) in [6.45, 7) is 0.985. The zero-order valence-corrected chi connectivity index (χ0v) is 16.7. The summed E-state index contributed by atoms with van der Waals surface area (Å²) in [4.78, 5) is 18.4. The highest BCUT2D eigenvalue weighted by atomic mass is 32.2. The molecule has 0 unspecified atom stereocenters. The van der Waals surface area contributed by atoms with Crippen molar-refractivity contribution >= 4 is 32.4 Å². The van der Waals surface area contributed by atoms with E-state index in [0.29, 0.717) is 18.2 Å². The molecule has 2 aromatic rings. The van der Waals surface area contributed by atoms with Gasteiger partial charge in [-0.2, -0.15) is 4.31 Å². The van der Waals surface area contributed by atoms with E-state index in [0.717, 1.165) is 37.8 Å². The summed E-state index contributed by atoms with van der Waals surface area (Å²) in [6.07, 6.45) is 4.75. The second-order valence-corrected chi connectivity index (χ2v) is 9.66. The molecule has 1 aliphatic heterocycles. The number of fused-ring (bicyclic) bond motifs is 1. The van der Waals surface area contributed by atoms with E-state index in [4.69, 9.17) is 4.74 Å². The minimum Gasteiger partial charge on any atom is -0.495 e. The Hall–Kier alpha value is -1.97. The quantitative estimate of drug-likeness (QED) is 0.823. The van der Waals surface area contributed by atoms with Crippen molar-refractivity contribution in [3.63, 3.8) is 0 Å². The fraction of sp³-hybridized carbons (Fsp3) is 0.444. The monoisotopic (exact) mass is 407 g/mol. The van der Waals surface area contributed by atoms with Gasteiger partial charge in [-0.3, -0.25) is 10.1 Å². The van der Waals surface area contributed by atoms with Crippen molar-refractivity contribution in [3.05, 3.63) is 34.3 Å². The number of methoxy groups -OCH3 is 1. The van der Waals surface area contributed by atoms with Crippen molar-refractivity contribution in [2.24, 2.45) is 0 Å². The van der Waals surface area contributed by atoms with Crippen LogP contribution in [0.15, 0.2) is 23.1 Å². The maximum atomic E-state index is 12.9. The number of hydrogen-bond donors (Lipinski definition) is 1. The Morgan fingerprint density at radius 3 is 2.70 bits per heavy atom. The number of ether oxygens (including phenoxy) is 1. The summed E-state index contributed by atoms with van der Waals surface area (Å²) in [5.41, 5.74) is 1.33. The zero-order valence-electron chi connectivity index (χ0n) is 15.0. The van der Waals surface area contributed by atoms with Gasteiger partial charge in [-0.25, -0.2) is 13.4 Å². The number of carbonyl (C=O) groups is 1. The number of hydrogen-bond acceptors (Lipinski definition) is 6. The van der Waals surface area contributed by atoms with Gasteiger partial charge in [0.15, 0.2) is 5.13 Å². The first-order chi connectivity index (χ1) is 13.0. The maximum Gasteiger partial charge on any atom is 0.257 e. The fourth-order valence-corrected chi connectivity index (χ4v) is 6.24. The third-order valence-corrected chi connectivity index (χ3v) is 7.92. The van der Waals surface area contributed by atoms with Crippen molar-refractivity contribution in [2.45, 2.75) is 37.0 Å². The van der Waals surface area contributed by atoms with Crippen LogP contribution >= 0.6 is 11.3 Å². The smallest absolute Gasteiger partial charge is 0.257 e. The molecule has 27 heavy (non-hydrogen) atoms. The molecule has 0 atom stereocenters. The molecule has 2 heterocycles. The molecule has 1 amide bonds. The average Bonchev–Trinajstić information content (AvgIpc) is 3.38. The van der Waals surface area contributed by atoms with E-state index in [1.165, 1.54) is 39.8 Å². The van der Waals surface area contributed by atoms with E-state index < -0.39 is 10.0 Å². The summed E-state index contributed by atoms with van der Waals surface area (Å²) in [5, 5.41) is 3.35. The Balaban J connectivity index is 1.62. The summed E-state index contributed by atoms with van der Waals surface area (Å²) >= 11 is 1.49. The molecule has 0 spiro atoms. The second-order valence-electron chi connectivity index (χ2n) is 6.67. The number of amides is 1. The standard InChI is InChI=1S/C18H21N3O4S2/c1-25-14-8-7-12(11-16(14)27(23,24)21-9-2-3-10-21)17(22)20-18-19-13-5-4-6-15(13)26-18/h7-8,11H,2-6,9-10H2,1H3,(H,19,20,22). The minimum atomic E-state index is -3.69. The third kappa shape index (κ3) is 3.46. The number of thiazole rings is 1. The molecule has 144 valence electrons. The summed E-state index contributed by atoms with van der Waals surface area (Å²) < 4.78 is 32.6. The lowest BCUT2D eigenvalue weighted by atomic mass is 10.2. The predicted octanol–water partition coefficient (Wildman–Crippen LogP) is 2.68. The van der Waals surface area contributed by atoms with Crippen molar-refractivity contribution < 1.29 is 17.9 Å². The van der Waals surface area contributed by atoms with E-state index in [9.17, 15) is 13.2 Å². The molecule has 4 rings (SSSR count). The Morgan fingerprint density at radius 2 is 2.00 bits per heavy atom. The summed E-state index contributed by atoms with van der Waals surface area (Å²) in [5.74, 6) is -0.130. The molecule has 2 aliphatic rings. The highest BCUT2D eigenvalue weighted by Gasteiger charge is 2.30. The molecule has 0 radical (unpaired) electrons. The average molecular weight is 408 g/mol. The number of nitrogens with zero attached hydrogens (tertiary/aromatic N) is 2. The van der Waals surface area contributed by atoms with Gasteiger partial charge in [0.25, 0.3) is 5.91 Å². The van der Waals surface area contributed by atoms with Crippen LogP contribution in [0, 0.1) is 0 Å². The number of carbonyl (C=O) groups excluding carboxylic acids is 1. The normalized spacial score (nSPS) is 17.1. The number of benzene rings is 1. The molecule has 1 aliphatic carbocycles. The van der Waals surface area contributed by atoms with Crippen LogP contribution < -0.4 is 10.1 Å². The molecule has 9 heteroatoms. The van der Waals surface area contributed by atoms with Gasteiger partial charge >= 0.3 is 0 Å². The molecular formula is C18H21N3O4S2. The maximum absolute atomic E-state index is 12.9. The van der Waals surface area contributed by atoms with Crippen LogP contribution in [0.4, 0.5) is 5.13 Å². The van der Waals surface area contributed by atoms with Gasteiger partial charge in [-0.1, -0.05) is 0 Å². The molecule has 1 aromatic heterocycles. The molecular weight excluding hydrogens is 386 g/mol. The van der Waals surface area contributed by atoms with Crippen LogP contribution in [-0.4, -0.2) is 43.8 Å². The number of anilines is 1. The van der Waals surface area contributed by atoms with Crippen LogP contribution in [0.5, 0.6) is 5.75 Å². The highest BCUT2D eigenvalue weighted by molar-refractivity contribution is 7.89. The van der Waals surface area contributed by atoms with Crippen molar-refractivity contribution in [1.82, 2.24) is 9.29 Å². The van der Waals surface area contributed by atoms with Gasteiger partial charge in [0.2, 0.25) is 10.0 Å². The molecule has 1 saturated heterocycles. The Labute approximate surface area is 162 Å². The van der Waals surface area contributed by atoms with Crippen LogP contribution in [0.2, 0.25) is 0 Å². The number of rotatable bonds is 5. The molecule has 1 N–H and O–H groups in total. The van der Waals surface area contributed by atoms with Crippen LogP contribution in [0.3, 0.4) is 0 Å². The van der Waals surface area contributed by atoms with Gasteiger partial charge < -0.3 is 4.74 Å². The topological polar surface area (TPSA) is 88.6 Å². The first kappa shape index (κ1) is 18.4. The van der Waals surface area contributed by atoms with E-state index in [-0.39, 0.29) is 22.1 Å². The van der Waals surface area contributed by atoms with E-state index in [1.54, 1.807) is 6.07 Å². The SMILES string of the molecule is COc1ccc(C(=O)Nc2nc3c(s2)CCC3)cc1S(=O)(=O)N1CCCC1. The second kappa shape index (κ2) is 7.21. The molecule has 0 saturated carbocycles. The van der Waals surface area contributed by atoms with Crippen LogP contribution in [0.1, 0.15) is 40.2 Å². The number of sulfonamides is 1. The number of aryl methyl sites for hydroxylation is 2. The first-order valence-corrected chi connectivity index (χ1v) is 11.2. The van der Waals surface area contributed by atoms with Crippen molar-refractivity contribution in [2.75, 3.05) is 25.5 Å². The number of nitrogens with one attached hydrogen (secondary N) is 1. The molecule has 1 fully saturated rings. The van der Waals surface area contributed by atoms with Gasteiger partial charge in [0, 0.05) is 23.5 Å². The fourth-order valence-electron chi connectivity index (χ4n) is 3.50. The summed E-state index contributed by atoms with van der Waals surface area (Å²) in [7, 11) is -2.27. The highest BCUT2D eigenvalue weighted by Crippen LogP contribution is 2.32. The lowest BCUT2D eigenvalue weighted by Gasteiger charge is -2.18. The van der Waals surface area contributed by atoms with Gasteiger partial charge in [0.05, 0.1) is 12.8 Å². The third-order valence-electron chi connectivity index (χ3n) is 4.92. The molecule has 1 aromatic carbocycles. The lowest BCUT2D eigenvalue weighted by Crippen LogP contribution is -2.28. The van der Waals surface area contributed by atoms with Crippen LogP contribution in [-0.2, 0) is 22.9 Å². The van der Waals surface area contributed by atoms with E-state index in [1.807, 2.05) is 0 Å². The lowest BCUT2D eigenvalue weighted by molar-refractivity contribution is 0.102. The van der Waals surface area contributed by atoms with E-state index >= 15 is 0 Å². The van der Waals surface area contributed by atoms with Gasteiger partial charge in [-0.15, -0.1) is 11.3 Å². The Morgan fingerprint density at radius 1 is 1.22 bits per heavy atom. The van der Waals surface area contributed by atoms with Crippen LogP contribution in [0.25, 0.3) is 0 Å². The first-order valence-electron chi connectivity index (χ1n) is 8.97. The Bertz CT molecular complexity index is 957. The van der Waals surface area contributed by atoms with Crippen molar-refractivity contribution in [1.29, 1.82) is 0 Å². The minimum absolute atomic E-state index is 0.0289. The van der Waals surface area contributed by atoms with Gasteiger partial charge in [0.1, 0.15) is 10.6 Å². The predicted molar refractivity (Wildman–Crippen MR) is 103 cm³/mol. The van der Waals surface area contributed by atoms with Crippen molar-refractivity contribution in [3.8, 4) is 5.75 Å². The Kier molecular flexibility index (Phi) is 4.92. The zero-order chi connectivity index (χ0) is 19.0. The largest absolute Gasteiger partial charge is 0.495 e. The van der Waals surface area contributed by atoms with E-state index in [2.05, 4.69) is 10.3 Å². The summed E-state index contributed by atoms with van der Waals surface area (Å²) in [6, 6.07) is 4.49. The number of aromatic nitrogens is 1.